The van der Waals surface area contributed by atoms with Gasteiger partial charge in [-0.2, -0.15) is 0 Å². The second kappa shape index (κ2) is 19.1. The Morgan fingerprint density at radius 2 is 1.18 bits per heavy atom. The number of methoxy groups -OCH3 is 4. The van der Waals surface area contributed by atoms with Gasteiger partial charge in [-0.05, 0) is 111 Å². The van der Waals surface area contributed by atoms with E-state index in [9.17, 15) is 13.8 Å². The number of alkyl halides is 1. The molecule has 0 amide bonds. The first-order chi connectivity index (χ1) is 28.9. The molecule has 1 aromatic carbocycles. The van der Waals surface area contributed by atoms with Crippen LogP contribution in [0.4, 0.5) is 4.39 Å². The quantitative estimate of drug-likeness (QED) is 0.190. The highest BCUT2D eigenvalue weighted by molar-refractivity contribution is 7.85. The van der Waals surface area contributed by atoms with E-state index in [1.54, 1.807) is 45.6 Å². The van der Waals surface area contributed by atoms with Crippen LogP contribution in [-0.4, -0.2) is 87.7 Å². The Hall–Kier alpha value is -1.60. The molecule has 1 aromatic rings. The fraction of sp³-hybridized carbons (Fsp3) is 0.840. The zero-order chi connectivity index (χ0) is 44.7. The van der Waals surface area contributed by atoms with Crippen molar-refractivity contribution in [2.75, 3.05) is 42.0 Å². The van der Waals surface area contributed by atoms with Crippen LogP contribution in [0.2, 0.25) is 0 Å². The van der Waals surface area contributed by atoms with Crippen molar-refractivity contribution < 1.29 is 46.6 Å². The molecule has 6 unspecified atom stereocenters. The van der Waals surface area contributed by atoms with Gasteiger partial charge in [0.25, 0.3) is 0 Å². The first-order valence-corrected chi connectivity index (χ1v) is 24.5. The average molecular weight is 875 g/mol. The molecule has 6 saturated carbocycles. The second-order valence-corrected chi connectivity index (χ2v) is 22.7. The van der Waals surface area contributed by atoms with Gasteiger partial charge in [0.15, 0.2) is 5.50 Å². The predicted octanol–water partition coefficient (Wildman–Crippen LogP) is 10.00. The van der Waals surface area contributed by atoms with E-state index < -0.39 is 21.7 Å². The summed E-state index contributed by atoms with van der Waals surface area (Å²) in [6.07, 6.45) is 9.38. The molecule has 0 aromatic heterocycles. The number of ketones is 2. The Morgan fingerprint density at radius 3 is 1.69 bits per heavy atom. The highest BCUT2D eigenvalue weighted by Crippen LogP contribution is 2.70. The molecule has 9 nitrogen and oxygen atoms in total. The number of carbonyl (C=O) groups is 2. The molecular weight excluding hydrogens is 796 g/mol. The van der Waals surface area contributed by atoms with Gasteiger partial charge in [0.05, 0.1) is 35.2 Å². The monoisotopic (exact) mass is 875 g/mol. The third-order valence-electron chi connectivity index (χ3n) is 18.7. The van der Waals surface area contributed by atoms with Crippen LogP contribution in [0.1, 0.15) is 126 Å². The van der Waals surface area contributed by atoms with Crippen molar-refractivity contribution in [3.63, 3.8) is 0 Å². The van der Waals surface area contributed by atoms with Gasteiger partial charge in [0, 0.05) is 73.8 Å². The van der Waals surface area contributed by atoms with E-state index in [2.05, 4.69) is 48.5 Å². The van der Waals surface area contributed by atoms with Crippen LogP contribution in [0.3, 0.4) is 0 Å². The van der Waals surface area contributed by atoms with E-state index in [1.807, 2.05) is 20.1 Å². The van der Waals surface area contributed by atoms with Crippen molar-refractivity contribution in [2.45, 2.75) is 161 Å². The molecule has 4 bridgehead atoms. The molecule has 0 N–H and O–H groups in total. The summed E-state index contributed by atoms with van der Waals surface area (Å²) in [6, 6.07) is 8.69. The number of Topliss-reactive ketones (excluding diaryl/α,β-unsaturated/α-hetero) is 2. The van der Waals surface area contributed by atoms with Crippen LogP contribution in [0.5, 0.6) is 0 Å². The maximum Gasteiger partial charge on any atom is 0.180 e. The smallest absolute Gasteiger partial charge is 0.180 e. The van der Waals surface area contributed by atoms with Crippen LogP contribution >= 0.6 is 0 Å². The number of hydrogen-bond acceptors (Lipinski definition) is 9. The van der Waals surface area contributed by atoms with E-state index >= 15 is 4.39 Å². The largest absolute Gasteiger partial charge is 0.381 e. The van der Waals surface area contributed by atoms with Crippen LogP contribution in [0.15, 0.2) is 35.2 Å². The van der Waals surface area contributed by atoms with Crippen molar-refractivity contribution in [1.29, 1.82) is 0 Å². The highest BCUT2D eigenvalue weighted by Gasteiger charge is 2.69. The molecule has 6 aliphatic rings. The highest BCUT2D eigenvalue weighted by atomic mass is 32.2. The third kappa shape index (κ3) is 8.21. The van der Waals surface area contributed by atoms with Crippen molar-refractivity contribution in [2.24, 2.45) is 68.5 Å². The van der Waals surface area contributed by atoms with Gasteiger partial charge in [-0.25, -0.2) is 4.39 Å². The average Bonchev–Trinajstić information content (AvgIpc) is 3.86. The van der Waals surface area contributed by atoms with Gasteiger partial charge < -0.3 is 28.4 Å². The molecule has 346 valence electrons. The molecule has 6 aliphatic carbocycles. The van der Waals surface area contributed by atoms with Gasteiger partial charge in [-0.15, -0.1) is 0 Å². The van der Waals surface area contributed by atoms with Crippen molar-refractivity contribution in [1.82, 2.24) is 0 Å². The molecule has 0 saturated heterocycles. The van der Waals surface area contributed by atoms with Gasteiger partial charge in [-0.3, -0.25) is 13.8 Å². The molecule has 0 radical (unpaired) electrons. The van der Waals surface area contributed by atoms with Crippen molar-refractivity contribution in [3.05, 3.63) is 30.3 Å². The number of carbonyl (C=O) groups excluding carboxylic acids is 2. The van der Waals surface area contributed by atoms with Crippen molar-refractivity contribution in [3.8, 4) is 0 Å². The zero-order valence-corrected chi connectivity index (χ0v) is 40.3. The van der Waals surface area contributed by atoms with Crippen molar-refractivity contribution >= 4 is 22.4 Å². The van der Waals surface area contributed by atoms with Gasteiger partial charge in [0.2, 0.25) is 0 Å². The standard InChI is InChI=1S/C29H43FO5S.C21H36O4/c1-19-12-14-29-15-13-22(34-6)25(29)28(19,4)23(35-18-33-5)16-27(3,26(31)20(29)2)17-24(30)36(32)21-10-8-7-9-11-21;1-13-11-17(25-12-23-5)20(4)14(2)7-9-21(15(3)18(13)22)10-8-16(24-6)19(20)21/h7-11,19-20,22-25H,12-18H2,1-6H3;13-17,19H,7-12H2,1-6H3/t19-,20+,22-,23-,24?,25?,27+,28+,29?,36?;13-,14+,15-,16+,17+,19?,20-,21?/m10/s1. The van der Waals surface area contributed by atoms with Crippen LogP contribution < -0.4 is 0 Å². The molecule has 18 atom stereocenters. The lowest BCUT2D eigenvalue weighted by atomic mass is 9.44. The van der Waals surface area contributed by atoms with E-state index in [-0.39, 0.29) is 88.7 Å². The Kier molecular flexibility index (Phi) is 15.3. The summed E-state index contributed by atoms with van der Waals surface area (Å²) in [5.74, 6) is 1.85. The molecular formula is C50H79FO9S. The number of ether oxygens (including phenoxy) is 6. The molecule has 0 spiro atoms. The maximum absolute atomic E-state index is 15.7. The van der Waals surface area contributed by atoms with E-state index in [1.165, 1.54) is 6.42 Å². The molecule has 7 rings (SSSR count). The number of benzene rings is 1. The minimum Gasteiger partial charge on any atom is -0.381 e. The second-order valence-electron chi connectivity index (χ2n) is 21.1. The summed E-state index contributed by atoms with van der Waals surface area (Å²) in [6.45, 7) is 18.0. The zero-order valence-electron chi connectivity index (χ0n) is 39.5. The Balaban J connectivity index is 0.000000218. The lowest BCUT2D eigenvalue weighted by Crippen LogP contribution is -2.63. The summed E-state index contributed by atoms with van der Waals surface area (Å²) in [5.41, 5.74) is -3.05. The summed E-state index contributed by atoms with van der Waals surface area (Å²) in [7, 11) is 5.04. The maximum atomic E-state index is 15.7. The number of rotatable bonds is 12. The Labute approximate surface area is 369 Å². The van der Waals surface area contributed by atoms with E-state index in [4.69, 9.17) is 28.4 Å². The lowest BCUT2D eigenvalue weighted by Gasteiger charge is -2.62. The summed E-state index contributed by atoms with van der Waals surface area (Å²) >= 11 is 0. The first kappa shape index (κ1) is 48.8. The van der Waals surface area contributed by atoms with Gasteiger partial charge in [-0.1, -0.05) is 73.6 Å². The summed E-state index contributed by atoms with van der Waals surface area (Å²) < 4.78 is 64.1. The fourth-order valence-corrected chi connectivity index (χ4v) is 16.2. The molecule has 0 aliphatic heterocycles. The topological polar surface area (TPSA) is 107 Å². The van der Waals surface area contributed by atoms with Crippen LogP contribution in [0, 0.1) is 68.5 Å². The van der Waals surface area contributed by atoms with Gasteiger partial charge in [0.1, 0.15) is 25.2 Å². The predicted molar refractivity (Wildman–Crippen MR) is 236 cm³/mol. The fourth-order valence-electron chi connectivity index (χ4n) is 15.0. The van der Waals surface area contributed by atoms with Crippen LogP contribution in [-0.2, 0) is 48.8 Å². The SMILES string of the molecule is COCO[C@@H]1C[C@@](C)(CC(F)S(=O)c2ccccc2)C(=O)[C@H](C)C23CC[C@@H](C)[C@]1(C)C2[C@H](OC)CC3.COCO[C@@H]1C[C@H](C)C(=O)[C@H](C)C23CC[C@@H](C)[C@]1(C)C2[C@H](OC)CC3. The van der Waals surface area contributed by atoms with Crippen LogP contribution in [0.25, 0.3) is 0 Å². The number of hydrogen-bond donors (Lipinski definition) is 0. The lowest BCUT2D eigenvalue weighted by molar-refractivity contribution is -0.220. The third-order valence-corrected chi connectivity index (χ3v) is 20.1. The normalized spacial score (nSPS) is 45.6. The molecule has 61 heavy (non-hydrogen) atoms. The summed E-state index contributed by atoms with van der Waals surface area (Å²) in [4.78, 5) is 28.0. The molecule has 11 heteroatoms. The molecule has 6 fully saturated rings. The number of halogens is 1. The molecule has 0 heterocycles. The minimum absolute atomic E-state index is 0.0111. The Morgan fingerprint density at radius 1 is 0.705 bits per heavy atom. The summed E-state index contributed by atoms with van der Waals surface area (Å²) in [5, 5.41) is 0. The minimum atomic E-state index is -1.85. The van der Waals surface area contributed by atoms with Gasteiger partial charge >= 0.3 is 0 Å². The van der Waals surface area contributed by atoms with E-state index in [0.29, 0.717) is 41.6 Å². The first-order valence-electron chi connectivity index (χ1n) is 23.3. The van der Waals surface area contributed by atoms with E-state index in [0.717, 1.165) is 51.4 Å². The Bertz CT molecular complexity index is 1700.